The molecule has 0 aromatic rings. The molecule has 0 bridgehead atoms. The third-order valence-corrected chi connectivity index (χ3v) is 5.08. The molecule has 6 nitrogen and oxygen atoms in total. The van der Waals surface area contributed by atoms with Crippen molar-refractivity contribution < 1.29 is 18.3 Å². The summed E-state index contributed by atoms with van der Waals surface area (Å²) in [6.07, 6.45) is 0.738. The van der Waals surface area contributed by atoms with Gasteiger partial charge in [-0.25, -0.2) is 0 Å². The van der Waals surface area contributed by atoms with Crippen LogP contribution < -0.4 is 0 Å². The summed E-state index contributed by atoms with van der Waals surface area (Å²) in [5, 5.41) is 8.97. The molecule has 2 atom stereocenters. The Morgan fingerprint density at radius 2 is 2.06 bits per heavy atom. The summed E-state index contributed by atoms with van der Waals surface area (Å²) in [6.45, 7) is 4.48. The van der Waals surface area contributed by atoms with E-state index in [1.165, 1.54) is 15.7 Å². The average Bonchev–Trinajstić information content (AvgIpc) is 2.61. The SMILES string of the molecule is CCCN(C)S(=O)(=O)N1C[C@@H](C)[C@H](C(=O)O)C1. The Balaban J connectivity index is 2.79. The van der Waals surface area contributed by atoms with Gasteiger partial charge in [-0.05, 0) is 12.3 Å². The van der Waals surface area contributed by atoms with E-state index in [-0.39, 0.29) is 19.0 Å². The smallest absolute Gasteiger partial charge is 0.308 e. The molecule has 1 N–H and O–H groups in total. The molecule has 0 spiro atoms. The molecule has 0 aliphatic carbocycles. The van der Waals surface area contributed by atoms with E-state index in [1.54, 1.807) is 6.92 Å². The lowest BCUT2D eigenvalue weighted by molar-refractivity contribution is -0.142. The minimum Gasteiger partial charge on any atom is -0.481 e. The zero-order valence-electron chi connectivity index (χ0n) is 10.5. The first-order valence-electron chi connectivity index (χ1n) is 5.75. The predicted molar refractivity (Wildman–Crippen MR) is 63.7 cm³/mol. The molecule has 17 heavy (non-hydrogen) atoms. The van der Waals surface area contributed by atoms with Gasteiger partial charge in [0, 0.05) is 26.7 Å². The van der Waals surface area contributed by atoms with E-state index in [2.05, 4.69) is 0 Å². The molecule has 1 heterocycles. The highest BCUT2D eigenvalue weighted by Gasteiger charge is 2.41. The van der Waals surface area contributed by atoms with Gasteiger partial charge in [-0.2, -0.15) is 17.0 Å². The van der Waals surface area contributed by atoms with Crippen molar-refractivity contribution in [2.24, 2.45) is 11.8 Å². The Bertz CT molecular complexity index is 382. The largest absolute Gasteiger partial charge is 0.481 e. The Kier molecular flexibility index (Phi) is 4.51. The number of aliphatic carboxylic acids is 1. The van der Waals surface area contributed by atoms with Crippen molar-refractivity contribution in [1.82, 2.24) is 8.61 Å². The second kappa shape index (κ2) is 5.32. The second-order valence-corrected chi connectivity index (χ2v) is 6.60. The summed E-state index contributed by atoms with van der Waals surface area (Å²) >= 11 is 0. The van der Waals surface area contributed by atoms with Crippen LogP contribution in [0.25, 0.3) is 0 Å². The van der Waals surface area contributed by atoms with E-state index >= 15 is 0 Å². The third kappa shape index (κ3) is 2.97. The summed E-state index contributed by atoms with van der Waals surface area (Å²) in [5.41, 5.74) is 0. The fraction of sp³-hybridized carbons (Fsp3) is 0.900. The normalized spacial score (nSPS) is 26.6. The minimum absolute atomic E-state index is 0.0763. The zero-order chi connectivity index (χ0) is 13.2. The first-order valence-corrected chi connectivity index (χ1v) is 7.14. The number of carboxylic acids is 1. The molecule has 1 fully saturated rings. The predicted octanol–water partition coefficient (Wildman–Crippen LogP) is 0.226. The second-order valence-electron chi connectivity index (χ2n) is 4.57. The van der Waals surface area contributed by atoms with Gasteiger partial charge in [0.25, 0.3) is 10.2 Å². The highest BCUT2D eigenvalue weighted by molar-refractivity contribution is 7.86. The van der Waals surface area contributed by atoms with Crippen LogP contribution in [0.15, 0.2) is 0 Å². The molecular weight excluding hydrogens is 244 g/mol. The summed E-state index contributed by atoms with van der Waals surface area (Å²) in [4.78, 5) is 10.9. The molecule has 0 aromatic carbocycles. The molecule has 1 aliphatic heterocycles. The van der Waals surface area contributed by atoms with Gasteiger partial charge >= 0.3 is 5.97 Å². The fourth-order valence-electron chi connectivity index (χ4n) is 2.06. The molecule has 1 aliphatic rings. The van der Waals surface area contributed by atoms with Crippen molar-refractivity contribution in [3.05, 3.63) is 0 Å². The van der Waals surface area contributed by atoms with Crippen molar-refractivity contribution in [3.63, 3.8) is 0 Å². The lowest BCUT2D eigenvalue weighted by atomic mass is 9.99. The number of hydrogen-bond acceptors (Lipinski definition) is 3. The van der Waals surface area contributed by atoms with Crippen LogP contribution in [0.2, 0.25) is 0 Å². The lowest BCUT2D eigenvalue weighted by Crippen LogP contribution is -2.41. The van der Waals surface area contributed by atoms with Gasteiger partial charge in [0.05, 0.1) is 5.92 Å². The number of carboxylic acid groups (broad SMARTS) is 1. The molecule has 7 heteroatoms. The van der Waals surface area contributed by atoms with Crippen LogP contribution in [0, 0.1) is 11.8 Å². The quantitative estimate of drug-likeness (QED) is 0.771. The van der Waals surface area contributed by atoms with Crippen molar-refractivity contribution in [1.29, 1.82) is 0 Å². The molecule has 1 saturated heterocycles. The van der Waals surface area contributed by atoms with E-state index in [1.807, 2.05) is 6.92 Å². The third-order valence-electron chi connectivity index (χ3n) is 3.15. The maximum atomic E-state index is 12.1. The van der Waals surface area contributed by atoms with Crippen LogP contribution in [0.5, 0.6) is 0 Å². The van der Waals surface area contributed by atoms with Gasteiger partial charge in [-0.15, -0.1) is 0 Å². The van der Waals surface area contributed by atoms with Gasteiger partial charge < -0.3 is 5.11 Å². The standard InChI is InChI=1S/C10H20N2O4S/c1-4-5-11(3)17(15,16)12-6-8(2)9(7-12)10(13)14/h8-9H,4-7H2,1-3H3,(H,13,14)/t8-,9-/m1/s1. The molecule has 1 rings (SSSR count). The topological polar surface area (TPSA) is 77.9 Å². The van der Waals surface area contributed by atoms with E-state index in [0.717, 1.165) is 6.42 Å². The zero-order valence-corrected chi connectivity index (χ0v) is 11.3. The van der Waals surface area contributed by atoms with Crippen LogP contribution in [0.3, 0.4) is 0 Å². The van der Waals surface area contributed by atoms with Crippen molar-refractivity contribution in [3.8, 4) is 0 Å². The highest BCUT2D eigenvalue weighted by atomic mass is 32.2. The van der Waals surface area contributed by atoms with Crippen LogP contribution >= 0.6 is 0 Å². The van der Waals surface area contributed by atoms with E-state index in [9.17, 15) is 13.2 Å². The monoisotopic (exact) mass is 264 g/mol. The molecule has 100 valence electrons. The van der Waals surface area contributed by atoms with Gasteiger partial charge in [-0.1, -0.05) is 13.8 Å². The van der Waals surface area contributed by atoms with Crippen LogP contribution in [-0.2, 0) is 15.0 Å². The fourth-order valence-corrected chi connectivity index (χ4v) is 3.64. The van der Waals surface area contributed by atoms with E-state index < -0.39 is 22.1 Å². The van der Waals surface area contributed by atoms with E-state index in [4.69, 9.17) is 5.11 Å². The van der Waals surface area contributed by atoms with Gasteiger partial charge in [0.2, 0.25) is 0 Å². The van der Waals surface area contributed by atoms with E-state index in [0.29, 0.717) is 6.54 Å². The molecule has 0 unspecified atom stereocenters. The van der Waals surface area contributed by atoms with Gasteiger partial charge in [0.15, 0.2) is 0 Å². The molecule has 0 saturated carbocycles. The Labute approximate surface area is 102 Å². The number of carbonyl (C=O) groups is 1. The lowest BCUT2D eigenvalue weighted by Gasteiger charge is -2.23. The van der Waals surface area contributed by atoms with Crippen LogP contribution in [0.4, 0.5) is 0 Å². The summed E-state index contributed by atoms with van der Waals surface area (Å²) in [5.74, 6) is -1.66. The van der Waals surface area contributed by atoms with Crippen molar-refractivity contribution in [2.75, 3.05) is 26.7 Å². The Hall–Kier alpha value is -0.660. The molecular formula is C10H20N2O4S. The molecule has 0 amide bonds. The van der Waals surface area contributed by atoms with Gasteiger partial charge in [0.1, 0.15) is 0 Å². The van der Waals surface area contributed by atoms with Crippen molar-refractivity contribution >= 4 is 16.2 Å². The highest BCUT2D eigenvalue weighted by Crippen LogP contribution is 2.26. The molecule has 0 aromatic heterocycles. The Morgan fingerprint density at radius 3 is 2.47 bits per heavy atom. The number of rotatable bonds is 5. The number of nitrogens with zero attached hydrogens (tertiary/aromatic N) is 2. The number of hydrogen-bond donors (Lipinski definition) is 1. The Morgan fingerprint density at radius 1 is 1.47 bits per heavy atom. The molecule has 0 radical (unpaired) electrons. The van der Waals surface area contributed by atoms with Crippen LogP contribution in [-0.4, -0.2) is 54.8 Å². The average molecular weight is 264 g/mol. The first-order chi connectivity index (χ1) is 7.80. The summed E-state index contributed by atoms with van der Waals surface area (Å²) in [6, 6.07) is 0. The maximum absolute atomic E-state index is 12.1. The summed E-state index contributed by atoms with van der Waals surface area (Å²) < 4.78 is 26.7. The minimum atomic E-state index is -3.50. The maximum Gasteiger partial charge on any atom is 0.308 e. The van der Waals surface area contributed by atoms with Gasteiger partial charge in [-0.3, -0.25) is 4.79 Å². The van der Waals surface area contributed by atoms with Crippen LogP contribution in [0.1, 0.15) is 20.3 Å². The first kappa shape index (κ1) is 14.4. The summed E-state index contributed by atoms with van der Waals surface area (Å²) in [7, 11) is -1.97. The van der Waals surface area contributed by atoms with Crippen molar-refractivity contribution in [2.45, 2.75) is 20.3 Å².